The second-order valence-electron chi connectivity index (χ2n) is 1.44. The first-order chi connectivity index (χ1) is 3.39. The highest BCUT2D eigenvalue weighted by atomic mass is 32.2. The Kier molecular flexibility index (Phi) is 2.13. The SMILES string of the molecule is C=C1CSCCS1. The maximum absolute atomic E-state index is 3.86. The molecule has 40 valence electrons. The molecule has 0 aromatic rings. The maximum Gasteiger partial charge on any atom is 0.0238 e. The lowest BCUT2D eigenvalue weighted by Crippen LogP contribution is -1.95. The summed E-state index contributed by atoms with van der Waals surface area (Å²) in [5, 5.41) is 0. The van der Waals surface area contributed by atoms with Crippen LogP contribution in [0.4, 0.5) is 0 Å². The fourth-order valence-corrected chi connectivity index (χ4v) is 2.52. The van der Waals surface area contributed by atoms with Gasteiger partial charge in [-0.2, -0.15) is 11.8 Å². The number of hydrogen-bond donors (Lipinski definition) is 0. The molecule has 1 aliphatic rings. The fourth-order valence-electron chi connectivity index (χ4n) is 0.473. The molecular weight excluding hydrogens is 124 g/mol. The minimum Gasteiger partial charge on any atom is -0.156 e. The molecule has 0 N–H and O–H groups in total. The first-order valence-corrected chi connectivity index (χ1v) is 4.42. The highest BCUT2D eigenvalue weighted by Crippen LogP contribution is 2.25. The lowest BCUT2D eigenvalue weighted by atomic mass is 10.7. The van der Waals surface area contributed by atoms with Crippen molar-refractivity contribution >= 4 is 23.5 Å². The largest absolute Gasteiger partial charge is 0.156 e. The lowest BCUT2D eigenvalue weighted by molar-refractivity contribution is 1.50. The van der Waals surface area contributed by atoms with Crippen molar-refractivity contribution in [3.05, 3.63) is 11.5 Å². The van der Waals surface area contributed by atoms with Crippen molar-refractivity contribution in [1.29, 1.82) is 0 Å². The summed E-state index contributed by atoms with van der Waals surface area (Å²) in [6, 6.07) is 0. The molecule has 1 fully saturated rings. The van der Waals surface area contributed by atoms with E-state index in [1.807, 2.05) is 23.5 Å². The molecule has 7 heavy (non-hydrogen) atoms. The van der Waals surface area contributed by atoms with Crippen LogP contribution >= 0.6 is 23.5 Å². The maximum atomic E-state index is 3.86. The molecule has 0 amide bonds. The third kappa shape index (κ3) is 1.78. The van der Waals surface area contributed by atoms with Gasteiger partial charge in [0.05, 0.1) is 0 Å². The summed E-state index contributed by atoms with van der Waals surface area (Å²) < 4.78 is 0. The van der Waals surface area contributed by atoms with Crippen LogP contribution in [0.5, 0.6) is 0 Å². The molecule has 1 rings (SSSR count). The Bertz CT molecular complexity index is 70.1. The smallest absolute Gasteiger partial charge is 0.0238 e. The van der Waals surface area contributed by atoms with Crippen LogP contribution in [0.15, 0.2) is 11.5 Å². The van der Waals surface area contributed by atoms with Crippen LogP contribution in [0, 0.1) is 0 Å². The van der Waals surface area contributed by atoms with Crippen molar-refractivity contribution in [3.8, 4) is 0 Å². The number of thioether (sulfide) groups is 2. The standard InChI is InChI=1S/C5H8S2/c1-5-4-6-2-3-7-5/h1-4H2. The van der Waals surface area contributed by atoms with Crippen molar-refractivity contribution in [2.45, 2.75) is 0 Å². The van der Waals surface area contributed by atoms with Gasteiger partial charge in [-0.15, -0.1) is 11.8 Å². The molecule has 0 unspecified atom stereocenters. The third-order valence-corrected chi connectivity index (χ3v) is 3.24. The molecule has 1 heterocycles. The Hall–Kier alpha value is 0.440. The topological polar surface area (TPSA) is 0 Å². The van der Waals surface area contributed by atoms with Crippen LogP contribution in [0.2, 0.25) is 0 Å². The molecule has 0 radical (unpaired) electrons. The molecule has 0 bridgehead atoms. The van der Waals surface area contributed by atoms with Crippen LogP contribution in [0.1, 0.15) is 0 Å². The van der Waals surface area contributed by atoms with Crippen molar-refractivity contribution in [3.63, 3.8) is 0 Å². The average molecular weight is 132 g/mol. The summed E-state index contributed by atoms with van der Waals surface area (Å²) in [6.45, 7) is 3.86. The Morgan fingerprint density at radius 1 is 1.43 bits per heavy atom. The Labute approximate surface area is 52.7 Å². The second kappa shape index (κ2) is 2.68. The van der Waals surface area contributed by atoms with Gasteiger partial charge in [-0.25, -0.2) is 0 Å². The summed E-state index contributed by atoms with van der Waals surface area (Å²) in [7, 11) is 0. The molecular formula is C5H8S2. The van der Waals surface area contributed by atoms with Gasteiger partial charge in [0.2, 0.25) is 0 Å². The third-order valence-electron chi connectivity index (χ3n) is 0.797. The van der Waals surface area contributed by atoms with Crippen molar-refractivity contribution < 1.29 is 0 Å². The predicted octanol–water partition coefficient (Wildman–Crippen LogP) is 1.98. The fraction of sp³-hybridized carbons (Fsp3) is 0.600. The van der Waals surface area contributed by atoms with Gasteiger partial charge in [0, 0.05) is 17.3 Å². The molecule has 0 spiro atoms. The van der Waals surface area contributed by atoms with Crippen molar-refractivity contribution in [2.24, 2.45) is 0 Å². The molecule has 0 aliphatic carbocycles. The first-order valence-electron chi connectivity index (χ1n) is 2.28. The summed E-state index contributed by atoms with van der Waals surface area (Å²) in [5.74, 6) is 3.75. The van der Waals surface area contributed by atoms with Gasteiger partial charge in [-0.3, -0.25) is 0 Å². The van der Waals surface area contributed by atoms with Crippen LogP contribution in [0.25, 0.3) is 0 Å². The van der Waals surface area contributed by atoms with E-state index < -0.39 is 0 Å². The van der Waals surface area contributed by atoms with Gasteiger partial charge in [-0.1, -0.05) is 6.58 Å². The molecule has 1 aliphatic heterocycles. The summed E-state index contributed by atoms with van der Waals surface area (Å²) in [4.78, 5) is 1.34. The summed E-state index contributed by atoms with van der Waals surface area (Å²) >= 11 is 3.89. The van der Waals surface area contributed by atoms with Gasteiger partial charge in [0.15, 0.2) is 0 Å². The van der Waals surface area contributed by atoms with E-state index in [0.29, 0.717) is 0 Å². The zero-order chi connectivity index (χ0) is 5.11. The average Bonchev–Trinajstić information content (AvgIpc) is 1.69. The molecule has 0 atom stereocenters. The minimum atomic E-state index is 1.17. The molecule has 0 aromatic carbocycles. The van der Waals surface area contributed by atoms with E-state index >= 15 is 0 Å². The van der Waals surface area contributed by atoms with E-state index in [0.717, 1.165) is 0 Å². The first kappa shape index (κ1) is 5.57. The molecule has 1 saturated heterocycles. The van der Waals surface area contributed by atoms with E-state index in [-0.39, 0.29) is 0 Å². The monoisotopic (exact) mass is 132 g/mol. The lowest BCUT2D eigenvalue weighted by Gasteiger charge is -2.09. The molecule has 0 nitrogen and oxygen atoms in total. The quantitative estimate of drug-likeness (QED) is 0.494. The highest BCUT2D eigenvalue weighted by molar-refractivity contribution is 8.09. The minimum absolute atomic E-state index is 1.17. The van der Waals surface area contributed by atoms with E-state index in [1.54, 1.807) is 0 Å². The van der Waals surface area contributed by atoms with E-state index in [9.17, 15) is 0 Å². The molecule has 0 aromatic heterocycles. The zero-order valence-electron chi connectivity index (χ0n) is 4.14. The highest BCUT2D eigenvalue weighted by Gasteiger charge is 2.01. The Balaban J connectivity index is 2.25. The van der Waals surface area contributed by atoms with Gasteiger partial charge in [0.25, 0.3) is 0 Å². The van der Waals surface area contributed by atoms with E-state index in [4.69, 9.17) is 0 Å². The van der Waals surface area contributed by atoms with Crippen LogP contribution in [-0.4, -0.2) is 17.3 Å². The predicted molar refractivity (Wildman–Crippen MR) is 38.9 cm³/mol. The van der Waals surface area contributed by atoms with Crippen molar-refractivity contribution in [2.75, 3.05) is 17.3 Å². The normalized spacial score (nSPS) is 22.6. The Morgan fingerprint density at radius 3 is 2.57 bits per heavy atom. The summed E-state index contributed by atoms with van der Waals surface area (Å²) in [5.41, 5.74) is 0. The second-order valence-corrected chi connectivity index (χ2v) is 3.82. The van der Waals surface area contributed by atoms with Crippen LogP contribution in [-0.2, 0) is 0 Å². The van der Waals surface area contributed by atoms with E-state index in [2.05, 4.69) is 6.58 Å². The van der Waals surface area contributed by atoms with Crippen LogP contribution in [0.3, 0.4) is 0 Å². The zero-order valence-corrected chi connectivity index (χ0v) is 5.78. The summed E-state index contributed by atoms with van der Waals surface area (Å²) in [6.07, 6.45) is 0. The Morgan fingerprint density at radius 2 is 2.29 bits per heavy atom. The van der Waals surface area contributed by atoms with Gasteiger partial charge < -0.3 is 0 Å². The van der Waals surface area contributed by atoms with Gasteiger partial charge >= 0.3 is 0 Å². The van der Waals surface area contributed by atoms with Gasteiger partial charge in [0.1, 0.15) is 0 Å². The van der Waals surface area contributed by atoms with Gasteiger partial charge in [-0.05, 0) is 4.91 Å². The van der Waals surface area contributed by atoms with Crippen LogP contribution < -0.4 is 0 Å². The molecule has 2 heteroatoms. The number of hydrogen-bond acceptors (Lipinski definition) is 2. The molecule has 0 saturated carbocycles. The van der Waals surface area contributed by atoms with Crippen molar-refractivity contribution in [1.82, 2.24) is 0 Å². The van der Waals surface area contributed by atoms with E-state index in [1.165, 1.54) is 22.2 Å². The number of rotatable bonds is 0.